The van der Waals surface area contributed by atoms with Crippen molar-refractivity contribution in [3.63, 3.8) is 0 Å². The predicted molar refractivity (Wildman–Crippen MR) is 141 cm³/mol. The van der Waals surface area contributed by atoms with Crippen molar-refractivity contribution < 1.29 is 13.9 Å². The zero-order chi connectivity index (χ0) is 25.0. The molecule has 1 saturated carbocycles. The number of carbonyl (C=O) groups excluding carboxylic acids is 1. The smallest absolute Gasteiger partial charge is 0.241 e. The number of allylic oxidation sites excluding steroid dienone is 3. The molecule has 3 rings (SSSR count). The summed E-state index contributed by atoms with van der Waals surface area (Å²) in [6.45, 7) is 11.2. The number of ether oxygens (including phenoxy) is 1. The molecule has 1 aliphatic carbocycles. The van der Waals surface area contributed by atoms with Gasteiger partial charge in [-0.15, -0.1) is 0 Å². The van der Waals surface area contributed by atoms with Crippen LogP contribution < -0.4 is 10.1 Å². The number of benzene rings is 1. The van der Waals surface area contributed by atoms with Gasteiger partial charge >= 0.3 is 0 Å². The normalized spacial score (nSPS) is 19.6. The Hall–Kier alpha value is -2.51. The molecule has 6 nitrogen and oxygen atoms in total. The third-order valence-electron chi connectivity index (χ3n) is 7.02. The van der Waals surface area contributed by atoms with Gasteiger partial charge < -0.3 is 15.0 Å². The summed E-state index contributed by atoms with van der Waals surface area (Å²) in [5, 5.41) is 3.08. The third kappa shape index (κ3) is 8.89. The maximum Gasteiger partial charge on any atom is 0.241 e. The first kappa shape index (κ1) is 27.1. The SMILES string of the molecule is C=C/C=C\C(=NCC(=O)N[C@@H](C)C1CCCCC1)c1ccc(OCCN2CCN(C)CC2)cc1F. The second-order valence-electron chi connectivity index (χ2n) is 9.69. The molecule has 2 fully saturated rings. The number of nitrogens with one attached hydrogen (secondary N) is 1. The predicted octanol–water partition coefficient (Wildman–Crippen LogP) is 4.07. The average Bonchev–Trinajstić information content (AvgIpc) is 2.86. The third-order valence-corrected chi connectivity index (χ3v) is 7.02. The van der Waals surface area contributed by atoms with Crippen molar-refractivity contribution in [3.05, 3.63) is 54.4 Å². The van der Waals surface area contributed by atoms with Crippen LogP contribution in [0.25, 0.3) is 0 Å². The molecular weight excluding hydrogens is 443 g/mol. The Balaban J connectivity index is 1.56. The average molecular weight is 485 g/mol. The second-order valence-corrected chi connectivity index (χ2v) is 9.69. The molecule has 0 aromatic heterocycles. The van der Waals surface area contributed by atoms with Gasteiger partial charge in [0.25, 0.3) is 0 Å². The highest BCUT2D eigenvalue weighted by atomic mass is 19.1. The second kappa shape index (κ2) is 14.1. The lowest BCUT2D eigenvalue weighted by atomic mass is 9.84. The number of likely N-dealkylation sites (N-methyl/N-ethyl adjacent to an activating group) is 1. The molecule has 1 amide bonds. The van der Waals surface area contributed by atoms with E-state index in [-0.39, 0.29) is 18.5 Å². The molecule has 1 N–H and O–H groups in total. The molecule has 0 spiro atoms. The van der Waals surface area contributed by atoms with Crippen LogP contribution in [0.5, 0.6) is 5.75 Å². The van der Waals surface area contributed by atoms with Crippen LogP contribution in [-0.4, -0.2) is 80.4 Å². The van der Waals surface area contributed by atoms with Crippen LogP contribution in [0.4, 0.5) is 4.39 Å². The van der Waals surface area contributed by atoms with Crippen LogP contribution in [0.3, 0.4) is 0 Å². The van der Waals surface area contributed by atoms with Gasteiger partial charge in [-0.25, -0.2) is 4.39 Å². The van der Waals surface area contributed by atoms with Crippen LogP contribution in [0.15, 0.2) is 48.0 Å². The first-order valence-electron chi connectivity index (χ1n) is 12.9. The van der Waals surface area contributed by atoms with Crippen molar-refractivity contribution >= 4 is 11.6 Å². The van der Waals surface area contributed by atoms with Crippen molar-refractivity contribution in [1.82, 2.24) is 15.1 Å². The molecule has 2 aliphatic rings. The zero-order valence-corrected chi connectivity index (χ0v) is 21.3. The lowest BCUT2D eigenvalue weighted by Gasteiger charge is -2.32. The molecule has 0 bridgehead atoms. The van der Waals surface area contributed by atoms with Crippen LogP contribution in [0, 0.1) is 11.7 Å². The summed E-state index contributed by atoms with van der Waals surface area (Å²) in [6, 6.07) is 4.94. The van der Waals surface area contributed by atoms with Crippen molar-refractivity contribution in [2.24, 2.45) is 10.9 Å². The molecule has 35 heavy (non-hydrogen) atoms. The number of carbonyl (C=O) groups is 1. The summed E-state index contributed by atoms with van der Waals surface area (Å²) < 4.78 is 20.8. The van der Waals surface area contributed by atoms with E-state index in [2.05, 4.69) is 40.7 Å². The van der Waals surface area contributed by atoms with E-state index in [1.54, 1.807) is 30.4 Å². The number of hydrogen-bond donors (Lipinski definition) is 1. The van der Waals surface area contributed by atoms with Crippen LogP contribution >= 0.6 is 0 Å². The zero-order valence-electron chi connectivity index (χ0n) is 21.3. The van der Waals surface area contributed by atoms with Gasteiger partial charge in [-0.3, -0.25) is 14.7 Å². The van der Waals surface area contributed by atoms with E-state index in [4.69, 9.17) is 4.74 Å². The molecule has 192 valence electrons. The Labute approximate surface area is 209 Å². The Morgan fingerprint density at radius 3 is 2.69 bits per heavy atom. The molecule has 1 aromatic rings. The van der Waals surface area contributed by atoms with Crippen molar-refractivity contribution in [2.45, 2.75) is 45.1 Å². The van der Waals surface area contributed by atoms with Crippen molar-refractivity contribution in [3.8, 4) is 5.75 Å². The Morgan fingerprint density at radius 1 is 1.26 bits per heavy atom. The quantitative estimate of drug-likeness (QED) is 0.380. The minimum atomic E-state index is -0.425. The molecule has 0 unspecified atom stereocenters. The summed E-state index contributed by atoms with van der Waals surface area (Å²) in [5.41, 5.74) is 0.745. The minimum absolute atomic E-state index is 0.0450. The van der Waals surface area contributed by atoms with E-state index < -0.39 is 5.82 Å². The van der Waals surface area contributed by atoms with E-state index in [0.29, 0.717) is 29.5 Å². The summed E-state index contributed by atoms with van der Waals surface area (Å²) in [5.74, 6) is 0.451. The summed E-state index contributed by atoms with van der Waals surface area (Å²) >= 11 is 0. The highest BCUT2D eigenvalue weighted by Gasteiger charge is 2.21. The van der Waals surface area contributed by atoms with E-state index in [1.807, 2.05) is 0 Å². The van der Waals surface area contributed by atoms with Gasteiger partial charge in [-0.05, 0) is 50.9 Å². The molecule has 0 radical (unpaired) electrons. The summed E-state index contributed by atoms with van der Waals surface area (Å²) in [6.07, 6.45) is 11.0. The molecule has 1 aliphatic heterocycles. The van der Waals surface area contributed by atoms with E-state index in [0.717, 1.165) is 45.6 Å². The first-order chi connectivity index (χ1) is 17.0. The Bertz CT molecular complexity index is 887. The molecule has 1 atom stereocenters. The fourth-order valence-corrected chi connectivity index (χ4v) is 4.75. The largest absolute Gasteiger partial charge is 0.492 e. The van der Waals surface area contributed by atoms with Gasteiger partial charge in [0.15, 0.2) is 0 Å². The molecule has 1 heterocycles. The van der Waals surface area contributed by atoms with E-state index in [1.165, 1.54) is 25.3 Å². The van der Waals surface area contributed by atoms with Gasteiger partial charge in [-0.2, -0.15) is 0 Å². The fourth-order valence-electron chi connectivity index (χ4n) is 4.75. The maximum atomic E-state index is 15.0. The number of halogens is 1. The lowest BCUT2D eigenvalue weighted by Crippen LogP contribution is -2.45. The lowest BCUT2D eigenvalue weighted by molar-refractivity contribution is -0.120. The first-order valence-corrected chi connectivity index (χ1v) is 12.9. The Kier molecular flexibility index (Phi) is 10.9. The van der Waals surface area contributed by atoms with Crippen molar-refractivity contribution in [1.29, 1.82) is 0 Å². The molecular formula is C28H41FN4O2. The molecule has 7 heteroatoms. The standard InChI is InChI=1S/C28H41FN4O2/c1-4-5-11-27(30-21-28(34)31-22(2)23-9-7-6-8-10-23)25-13-12-24(20-26(25)29)35-19-18-33-16-14-32(3)15-17-33/h4-5,11-13,20,22-23H,1,6-10,14-19,21H2,2-3H3,(H,31,34)/b11-5-,30-27?/t22-/m0/s1. The van der Waals surface area contributed by atoms with Gasteiger partial charge in [0.2, 0.25) is 5.91 Å². The Morgan fingerprint density at radius 2 is 2.00 bits per heavy atom. The highest BCUT2D eigenvalue weighted by Crippen LogP contribution is 2.26. The number of amides is 1. The number of aliphatic imine (C=N–C) groups is 1. The van der Waals surface area contributed by atoms with Gasteiger partial charge in [0, 0.05) is 50.4 Å². The highest BCUT2D eigenvalue weighted by molar-refractivity contribution is 6.09. The minimum Gasteiger partial charge on any atom is -0.492 e. The molecule has 1 aromatic carbocycles. The number of nitrogens with zero attached hydrogens (tertiary/aromatic N) is 3. The monoisotopic (exact) mass is 484 g/mol. The van der Waals surface area contributed by atoms with Gasteiger partial charge in [-0.1, -0.05) is 38.0 Å². The van der Waals surface area contributed by atoms with Gasteiger partial charge in [0.05, 0.1) is 5.71 Å². The molecule has 1 saturated heterocycles. The fraction of sp³-hybridized carbons (Fsp3) is 0.571. The summed E-state index contributed by atoms with van der Waals surface area (Å²) in [4.78, 5) is 21.6. The van der Waals surface area contributed by atoms with Crippen molar-refractivity contribution in [2.75, 3.05) is 52.9 Å². The van der Waals surface area contributed by atoms with Crippen LogP contribution in [0.2, 0.25) is 0 Å². The number of piperazine rings is 1. The van der Waals surface area contributed by atoms with E-state index >= 15 is 0 Å². The van der Waals surface area contributed by atoms with E-state index in [9.17, 15) is 9.18 Å². The van der Waals surface area contributed by atoms with Gasteiger partial charge in [0.1, 0.15) is 24.7 Å². The topological polar surface area (TPSA) is 57.2 Å². The van der Waals surface area contributed by atoms with Crippen LogP contribution in [0.1, 0.15) is 44.6 Å². The number of hydrogen-bond acceptors (Lipinski definition) is 5. The summed E-state index contributed by atoms with van der Waals surface area (Å²) in [7, 11) is 2.13. The number of rotatable bonds is 11. The van der Waals surface area contributed by atoms with Crippen LogP contribution in [-0.2, 0) is 4.79 Å². The maximum absolute atomic E-state index is 15.0.